The lowest BCUT2D eigenvalue weighted by Gasteiger charge is -2.10. The average Bonchev–Trinajstić information content (AvgIpc) is 2.38. The van der Waals surface area contributed by atoms with Gasteiger partial charge < -0.3 is 5.32 Å². The van der Waals surface area contributed by atoms with Crippen molar-refractivity contribution >= 4 is 17.3 Å². The zero-order chi connectivity index (χ0) is 13.0. The van der Waals surface area contributed by atoms with Gasteiger partial charge in [0.2, 0.25) is 0 Å². The first-order chi connectivity index (χ1) is 8.70. The first kappa shape index (κ1) is 12.5. The Morgan fingerprint density at radius 2 is 2.00 bits per heavy atom. The molecule has 1 N–H and O–H groups in total. The molecule has 0 spiro atoms. The summed E-state index contributed by atoms with van der Waals surface area (Å²) >= 11 is 5.94. The molecule has 0 aromatic heterocycles. The number of anilines is 1. The number of benzene rings is 2. The fourth-order valence-corrected chi connectivity index (χ4v) is 1.93. The van der Waals surface area contributed by atoms with Gasteiger partial charge in [-0.1, -0.05) is 35.9 Å². The molecule has 2 nitrogen and oxygen atoms in total. The Labute approximate surface area is 112 Å². The van der Waals surface area contributed by atoms with Crippen molar-refractivity contribution in [2.24, 2.45) is 0 Å². The summed E-state index contributed by atoms with van der Waals surface area (Å²) in [5.41, 5.74) is 3.81. The van der Waals surface area contributed by atoms with Gasteiger partial charge in [0.1, 0.15) is 6.07 Å². The van der Waals surface area contributed by atoms with Crippen LogP contribution in [0.5, 0.6) is 0 Å². The van der Waals surface area contributed by atoms with E-state index in [-0.39, 0.29) is 0 Å². The van der Waals surface area contributed by atoms with Crippen LogP contribution >= 0.6 is 11.6 Å². The first-order valence-corrected chi connectivity index (χ1v) is 6.06. The molecule has 2 aromatic carbocycles. The normalized spacial score (nSPS) is 9.83. The van der Waals surface area contributed by atoms with Crippen LogP contribution in [0.25, 0.3) is 0 Å². The number of hydrogen-bond donors (Lipinski definition) is 1. The minimum atomic E-state index is 0.605. The van der Waals surface area contributed by atoms with E-state index in [9.17, 15) is 0 Å². The highest BCUT2D eigenvalue weighted by Crippen LogP contribution is 2.21. The van der Waals surface area contributed by atoms with Gasteiger partial charge in [0.25, 0.3) is 0 Å². The van der Waals surface area contributed by atoms with E-state index in [0.29, 0.717) is 17.1 Å². The molecule has 0 unspecified atom stereocenters. The van der Waals surface area contributed by atoms with E-state index in [1.54, 1.807) is 18.2 Å². The molecular formula is C15H13ClN2. The van der Waals surface area contributed by atoms with Gasteiger partial charge in [-0.05, 0) is 36.2 Å². The highest BCUT2D eigenvalue weighted by molar-refractivity contribution is 6.30. The second kappa shape index (κ2) is 5.57. The number of aryl methyl sites for hydroxylation is 1. The summed E-state index contributed by atoms with van der Waals surface area (Å²) in [5.74, 6) is 0. The van der Waals surface area contributed by atoms with Crippen LogP contribution in [-0.4, -0.2) is 0 Å². The van der Waals surface area contributed by atoms with E-state index >= 15 is 0 Å². The number of halogens is 1. The van der Waals surface area contributed by atoms with Crippen LogP contribution in [0.3, 0.4) is 0 Å². The summed E-state index contributed by atoms with van der Waals surface area (Å²) in [6.07, 6.45) is 0. The number of nitriles is 1. The Bertz CT molecular complexity index is 600. The van der Waals surface area contributed by atoms with E-state index in [1.807, 2.05) is 12.1 Å². The van der Waals surface area contributed by atoms with Crippen LogP contribution < -0.4 is 5.32 Å². The summed E-state index contributed by atoms with van der Waals surface area (Å²) in [6.45, 7) is 2.75. The second-order valence-corrected chi connectivity index (χ2v) is 4.52. The van der Waals surface area contributed by atoms with Gasteiger partial charge in [-0.2, -0.15) is 5.26 Å². The van der Waals surface area contributed by atoms with Crippen LogP contribution in [0.1, 0.15) is 16.7 Å². The van der Waals surface area contributed by atoms with E-state index in [1.165, 1.54) is 11.1 Å². The first-order valence-electron chi connectivity index (χ1n) is 5.69. The molecule has 0 aliphatic carbocycles. The van der Waals surface area contributed by atoms with Crippen LogP contribution in [0, 0.1) is 18.3 Å². The Morgan fingerprint density at radius 1 is 1.22 bits per heavy atom. The smallest absolute Gasteiger partial charge is 0.101 e. The Balaban J connectivity index is 2.18. The fourth-order valence-electron chi connectivity index (χ4n) is 1.76. The third-order valence-corrected chi connectivity index (χ3v) is 3.07. The van der Waals surface area contributed by atoms with Gasteiger partial charge in [-0.15, -0.1) is 0 Å². The van der Waals surface area contributed by atoms with Crippen LogP contribution in [0.15, 0.2) is 42.5 Å². The van der Waals surface area contributed by atoms with Crippen LogP contribution in [0.2, 0.25) is 5.02 Å². The summed E-state index contributed by atoms with van der Waals surface area (Å²) in [6, 6.07) is 15.5. The summed E-state index contributed by atoms with van der Waals surface area (Å²) in [7, 11) is 0. The molecule has 0 amide bonds. The van der Waals surface area contributed by atoms with Gasteiger partial charge in [0.05, 0.1) is 11.3 Å². The second-order valence-electron chi connectivity index (χ2n) is 4.08. The molecular weight excluding hydrogens is 244 g/mol. The molecule has 0 saturated carbocycles. The van der Waals surface area contributed by atoms with Gasteiger partial charge in [0.15, 0.2) is 0 Å². The van der Waals surface area contributed by atoms with Gasteiger partial charge in [0, 0.05) is 11.6 Å². The monoisotopic (exact) mass is 256 g/mol. The molecule has 0 bridgehead atoms. The number of nitrogens with one attached hydrogen (secondary N) is 1. The lowest BCUT2D eigenvalue weighted by molar-refractivity contribution is 1.12. The largest absolute Gasteiger partial charge is 0.380 e. The molecule has 90 valence electrons. The predicted octanol–water partition coefficient (Wildman–Crippen LogP) is 4.13. The van der Waals surface area contributed by atoms with Crippen LogP contribution in [-0.2, 0) is 6.54 Å². The van der Waals surface area contributed by atoms with Crippen molar-refractivity contribution in [3.63, 3.8) is 0 Å². The molecule has 18 heavy (non-hydrogen) atoms. The third kappa shape index (κ3) is 2.82. The summed E-state index contributed by atoms with van der Waals surface area (Å²) in [4.78, 5) is 0. The Kier molecular flexibility index (Phi) is 3.86. The zero-order valence-electron chi connectivity index (χ0n) is 10.1. The van der Waals surface area contributed by atoms with Gasteiger partial charge in [-0.25, -0.2) is 0 Å². The molecule has 0 heterocycles. The van der Waals surface area contributed by atoms with Crippen LogP contribution in [0.4, 0.5) is 5.69 Å². The maximum absolute atomic E-state index is 9.03. The van der Waals surface area contributed by atoms with Crippen molar-refractivity contribution in [1.29, 1.82) is 5.26 Å². The minimum Gasteiger partial charge on any atom is -0.380 e. The van der Waals surface area contributed by atoms with Crippen molar-refractivity contribution in [2.45, 2.75) is 13.5 Å². The third-order valence-electron chi connectivity index (χ3n) is 2.83. The number of rotatable bonds is 3. The molecule has 0 fully saturated rings. The summed E-state index contributed by atoms with van der Waals surface area (Å²) in [5, 5.41) is 12.9. The maximum Gasteiger partial charge on any atom is 0.101 e. The Morgan fingerprint density at radius 3 is 2.72 bits per heavy atom. The molecule has 0 radical (unpaired) electrons. The van der Waals surface area contributed by atoms with Crippen molar-refractivity contribution in [1.82, 2.24) is 0 Å². The highest BCUT2D eigenvalue weighted by Gasteiger charge is 2.03. The van der Waals surface area contributed by atoms with Crippen molar-refractivity contribution in [3.8, 4) is 6.07 Å². The van der Waals surface area contributed by atoms with Crippen molar-refractivity contribution in [3.05, 3.63) is 64.2 Å². The van der Waals surface area contributed by atoms with Crippen molar-refractivity contribution in [2.75, 3.05) is 5.32 Å². The SMILES string of the molecule is Cc1ccccc1CNc1cc(Cl)ccc1C#N. The fraction of sp³-hybridized carbons (Fsp3) is 0.133. The quantitative estimate of drug-likeness (QED) is 0.896. The molecule has 2 aromatic rings. The van der Waals surface area contributed by atoms with Gasteiger partial charge >= 0.3 is 0 Å². The lowest BCUT2D eigenvalue weighted by Crippen LogP contribution is -2.02. The minimum absolute atomic E-state index is 0.605. The average molecular weight is 257 g/mol. The van der Waals surface area contributed by atoms with Crippen molar-refractivity contribution < 1.29 is 0 Å². The molecule has 0 aliphatic heterocycles. The molecule has 3 heteroatoms. The number of hydrogen-bond acceptors (Lipinski definition) is 2. The molecule has 2 rings (SSSR count). The zero-order valence-corrected chi connectivity index (χ0v) is 10.8. The molecule has 0 saturated heterocycles. The maximum atomic E-state index is 9.03. The van der Waals surface area contributed by atoms with E-state index < -0.39 is 0 Å². The Hall–Kier alpha value is -1.98. The highest BCUT2D eigenvalue weighted by atomic mass is 35.5. The molecule has 0 atom stereocenters. The topological polar surface area (TPSA) is 35.8 Å². The molecule has 0 aliphatic rings. The standard InChI is InChI=1S/C15H13ClN2/c1-11-4-2-3-5-13(11)10-18-15-8-14(16)7-6-12(15)9-17/h2-8,18H,10H2,1H3. The lowest BCUT2D eigenvalue weighted by atomic mass is 10.1. The van der Waals surface area contributed by atoms with E-state index in [4.69, 9.17) is 16.9 Å². The summed E-state index contributed by atoms with van der Waals surface area (Å²) < 4.78 is 0. The van der Waals surface area contributed by atoms with Gasteiger partial charge in [-0.3, -0.25) is 0 Å². The number of nitrogens with zero attached hydrogens (tertiary/aromatic N) is 1. The van der Waals surface area contributed by atoms with E-state index in [0.717, 1.165) is 5.69 Å². The van der Waals surface area contributed by atoms with E-state index in [2.05, 4.69) is 30.4 Å². The predicted molar refractivity (Wildman–Crippen MR) is 74.7 cm³/mol.